The number of likely N-dealkylation sites (tertiary alicyclic amines) is 1. The normalized spacial score (nSPS) is 22.0. The van der Waals surface area contributed by atoms with E-state index in [1.54, 1.807) is 0 Å². The van der Waals surface area contributed by atoms with Crippen molar-refractivity contribution in [2.75, 3.05) is 13.1 Å². The maximum atomic E-state index is 12.8. The summed E-state index contributed by atoms with van der Waals surface area (Å²) in [6.45, 7) is 1.63. The minimum atomic E-state index is -4.61. The Hall–Kier alpha value is -1.76. The molecule has 1 unspecified atom stereocenters. The summed E-state index contributed by atoms with van der Waals surface area (Å²) < 4.78 is 38.3. The average molecular weight is 336 g/mol. The number of nitrogens with zero attached hydrogens (tertiary/aromatic N) is 1. The largest absolute Gasteiger partial charge is 0.481 e. The Labute approximate surface area is 129 Å². The summed E-state index contributed by atoms with van der Waals surface area (Å²) >= 11 is 5.65. The van der Waals surface area contributed by atoms with Gasteiger partial charge in [0.2, 0.25) is 0 Å². The Balaban J connectivity index is 2.28. The molecule has 1 saturated heterocycles. The first-order chi connectivity index (χ1) is 10.0. The number of aliphatic carboxylic acids is 1. The molecule has 1 aromatic carbocycles. The SMILES string of the molecule is CC1(C(=O)O)CCN(C(=O)c2cc(Cl)cc(C(F)(F)F)c2)C1. The van der Waals surface area contributed by atoms with Crippen LogP contribution < -0.4 is 0 Å². The number of carboxylic acids is 1. The van der Waals surface area contributed by atoms with E-state index in [9.17, 15) is 22.8 Å². The van der Waals surface area contributed by atoms with Crippen LogP contribution in [0.15, 0.2) is 18.2 Å². The van der Waals surface area contributed by atoms with Gasteiger partial charge in [0.15, 0.2) is 0 Å². The summed E-state index contributed by atoms with van der Waals surface area (Å²) in [5.41, 5.74) is -2.29. The average Bonchev–Trinajstić information content (AvgIpc) is 2.80. The second-order valence-electron chi connectivity index (χ2n) is 5.57. The quantitative estimate of drug-likeness (QED) is 0.902. The van der Waals surface area contributed by atoms with Crippen molar-refractivity contribution in [3.63, 3.8) is 0 Å². The molecular formula is C14H13ClF3NO3. The molecule has 0 radical (unpaired) electrons. The Morgan fingerprint density at radius 1 is 1.32 bits per heavy atom. The van der Waals surface area contributed by atoms with E-state index >= 15 is 0 Å². The third-order valence-corrected chi connectivity index (χ3v) is 3.97. The van der Waals surface area contributed by atoms with Gasteiger partial charge < -0.3 is 10.0 Å². The molecule has 1 aromatic rings. The van der Waals surface area contributed by atoms with Gasteiger partial charge in [-0.05, 0) is 31.5 Å². The van der Waals surface area contributed by atoms with Gasteiger partial charge in [0.05, 0.1) is 11.0 Å². The fourth-order valence-electron chi connectivity index (χ4n) is 2.37. The topological polar surface area (TPSA) is 57.6 Å². The zero-order chi connectivity index (χ0) is 16.7. The molecule has 1 heterocycles. The number of halogens is 4. The molecule has 4 nitrogen and oxygen atoms in total. The molecule has 0 bridgehead atoms. The fourth-order valence-corrected chi connectivity index (χ4v) is 2.60. The van der Waals surface area contributed by atoms with Crippen LogP contribution in [0.1, 0.15) is 29.3 Å². The lowest BCUT2D eigenvalue weighted by molar-refractivity contribution is -0.147. The molecule has 1 fully saturated rings. The Kier molecular flexibility index (Phi) is 4.12. The first-order valence-electron chi connectivity index (χ1n) is 6.43. The molecule has 1 aliphatic heterocycles. The number of hydrogen-bond acceptors (Lipinski definition) is 2. The van der Waals surface area contributed by atoms with Gasteiger partial charge in [-0.2, -0.15) is 13.2 Å². The van der Waals surface area contributed by atoms with Crippen LogP contribution in [0.2, 0.25) is 5.02 Å². The predicted octanol–water partition coefficient (Wildman–Crippen LogP) is 3.30. The van der Waals surface area contributed by atoms with Crippen LogP contribution in [0.3, 0.4) is 0 Å². The van der Waals surface area contributed by atoms with E-state index in [1.165, 1.54) is 11.8 Å². The Morgan fingerprint density at radius 3 is 2.45 bits per heavy atom. The molecular weight excluding hydrogens is 323 g/mol. The number of alkyl halides is 3. The smallest absolute Gasteiger partial charge is 0.416 e. The number of rotatable bonds is 2. The highest BCUT2D eigenvalue weighted by Crippen LogP contribution is 2.34. The number of carbonyl (C=O) groups is 2. The van der Waals surface area contributed by atoms with Crippen molar-refractivity contribution in [3.8, 4) is 0 Å². The maximum absolute atomic E-state index is 12.8. The van der Waals surface area contributed by atoms with Gasteiger partial charge >= 0.3 is 12.1 Å². The highest BCUT2D eigenvalue weighted by Gasteiger charge is 2.42. The van der Waals surface area contributed by atoms with Gasteiger partial charge in [0.1, 0.15) is 0 Å². The molecule has 0 spiro atoms. The van der Waals surface area contributed by atoms with Crippen molar-refractivity contribution in [2.45, 2.75) is 19.5 Å². The molecule has 1 atom stereocenters. The summed E-state index contributed by atoms with van der Waals surface area (Å²) in [6.07, 6.45) is -4.36. The standard InChI is InChI=1S/C14H13ClF3NO3/c1-13(12(21)22)2-3-19(7-13)11(20)8-4-9(14(16,17)18)6-10(15)5-8/h4-6H,2-3,7H2,1H3,(H,21,22). The summed E-state index contributed by atoms with van der Waals surface area (Å²) in [6, 6.07) is 2.61. The van der Waals surface area contributed by atoms with Crippen molar-refractivity contribution >= 4 is 23.5 Å². The first kappa shape index (κ1) is 16.6. The summed E-state index contributed by atoms with van der Waals surface area (Å²) in [7, 11) is 0. The van der Waals surface area contributed by atoms with E-state index in [2.05, 4.69) is 0 Å². The maximum Gasteiger partial charge on any atom is 0.416 e. The van der Waals surface area contributed by atoms with E-state index in [0.29, 0.717) is 0 Å². The fraction of sp³-hybridized carbons (Fsp3) is 0.429. The van der Waals surface area contributed by atoms with Gasteiger partial charge in [-0.25, -0.2) is 0 Å². The minimum absolute atomic E-state index is 0.0466. The second-order valence-corrected chi connectivity index (χ2v) is 6.01. The van der Waals surface area contributed by atoms with E-state index in [1.807, 2.05) is 0 Å². The second kappa shape index (κ2) is 5.46. The van der Waals surface area contributed by atoms with Gasteiger partial charge in [0.25, 0.3) is 5.91 Å². The highest BCUT2D eigenvalue weighted by atomic mass is 35.5. The summed E-state index contributed by atoms with van der Waals surface area (Å²) in [4.78, 5) is 24.7. The molecule has 8 heteroatoms. The molecule has 0 aliphatic carbocycles. The van der Waals surface area contributed by atoms with Crippen LogP contribution >= 0.6 is 11.6 Å². The molecule has 1 N–H and O–H groups in total. The lowest BCUT2D eigenvalue weighted by Crippen LogP contribution is -2.35. The Bertz CT molecular complexity index is 632. The predicted molar refractivity (Wildman–Crippen MR) is 72.7 cm³/mol. The highest BCUT2D eigenvalue weighted by molar-refractivity contribution is 6.31. The van der Waals surface area contributed by atoms with Crippen LogP contribution in [0, 0.1) is 5.41 Å². The van der Waals surface area contributed by atoms with Crippen LogP contribution in [-0.2, 0) is 11.0 Å². The van der Waals surface area contributed by atoms with Crippen LogP contribution in [0.25, 0.3) is 0 Å². The zero-order valence-electron chi connectivity index (χ0n) is 11.6. The van der Waals surface area contributed by atoms with Crippen molar-refractivity contribution in [1.29, 1.82) is 0 Å². The van der Waals surface area contributed by atoms with Gasteiger partial charge in [0, 0.05) is 23.7 Å². The third kappa shape index (κ3) is 3.19. The summed E-state index contributed by atoms with van der Waals surface area (Å²) in [5.74, 6) is -1.69. The van der Waals surface area contributed by atoms with Gasteiger partial charge in [-0.1, -0.05) is 11.6 Å². The minimum Gasteiger partial charge on any atom is -0.481 e. The summed E-state index contributed by atoms with van der Waals surface area (Å²) in [5, 5.41) is 8.93. The number of benzene rings is 1. The van der Waals surface area contributed by atoms with Gasteiger partial charge in [-0.3, -0.25) is 9.59 Å². The van der Waals surface area contributed by atoms with Crippen molar-refractivity contribution in [1.82, 2.24) is 4.90 Å². The molecule has 2 rings (SSSR count). The lowest BCUT2D eigenvalue weighted by Gasteiger charge is -2.20. The molecule has 120 valence electrons. The van der Waals surface area contributed by atoms with Crippen molar-refractivity contribution < 1.29 is 27.9 Å². The van der Waals surface area contributed by atoms with E-state index in [-0.39, 0.29) is 30.1 Å². The van der Waals surface area contributed by atoms with Crippen molar-refractivity contribution in [3.05, 3.63) is 34.3 Å². The lowest BCUT2D eigenvalue weighted by atomic mass is 9.90. The first-order valence-corrected chi connectivity index (χ1v) is 6.81. The van der Waals surface area contributed by atoms with Crippen LogP contribution in [0.4, 0.5) is 13.2 Å². The molecule has 1 aliphatic rings. The Morgan fingerprint density at radius 2 is 1.95 bits per heavy atom. The van der Waals surface area contributed by atoms with Crippen LogP contribution in [-0.4, -0.2) is 35.0 Å². The van der Waals surface area contributed by atoms with Crippen molar-refractivity contribution in [2.24, 2.45) is 5.41 Å². The number of carbonyl (C=O) groups excluding carboxylic acids is 1. The number of hydrogen-bond donors (Lipinski definition) is 1. The third-order valence-electron chi connectivity index (χ3n) is 3.75. The molecule has 22 heavy (non-hydrogen) atoms. The molecule has 1 amide bonds. The monoisotopic (exact) mass is 335 g/mol. The van der Waals surface area contributed by atoms with E-state index < -0.39 is 29.0 Å². The van der Waals surface area contributed by atoms with E-state index in [0.717, 1.165) is 18.2 Å². The number of amides is 1. The van der Waals surface area contributed by atoms with Crippen LogP contribution in [0.5, 0.6) is 0 Å². The molecule has 0 saturated carbocycles. The molecule has 0 aromatic heterocycles. The zero-order valence-corrected chi connectivity index (χ0v) is 12.3. The number of carboxylic acid groups (broad SMARTS) is 1. The van der Waals surface area contributed by atoms with Gasteiger partial charge in [-0.15, -0.1) is 0 Å². The van der Waals surface area contributed by atoms with E-state index in [4.69, 9.17) is 16.7 Å².